The van der Waals surface area contributed by atoms with E-state index in [1.54, 1.807) is 6.07 Å². The molecule has 2 N–H and O–H groups in total. The van der Waals surface area contributed by atoms with Crippen molar-refractivity contribution in [1.82, 2.24) is 10.6 Å². The number of ether oxygens (including phenoxy) is 1. The second-order valence-electron chi connectivity index (χ2n) is 5.56. The van der Waals surface area contributed by atoms with Gasteiger partial charge in [-0.1, -0.05) is 29.3 Å². The van der Waals surface area contributed by atoms with Crippen LogP contribution in [0.1, 0.15) is 24.5 Å². The van der Waals surface area contributed by atoms with Gasteiger partial charge in [0.1, 0.15) is 6.10 Å². The summed E-state index contributed by atoms with van der Waals surface area (Å²) in [5, 5.41) is 7.41. The number of carbonyl (C=O) groups excluding carboxylic acids is 1. The van der Waals surface area contributed by atoms with Crippen LogP contribution >= 0.6 is 23.2 Å². The second kappa shape index (κ2) is 6.53. The molecular weight excluding hydrogens is 311 g/mol. The van der Waals surface area contributed by atoms with Crippen LogP contribution in [-0.2, 0) is 9.53 Å². The van der Waals surface area contributed by atoms with E-state index in [0.717, 1.165) is 24.9 Å². The van der Waals surface area contributed by atoms with Crippen LogP contribution in [-0.4, -0.2) is 31.6 Å². The van der Waals surface area contributed by atoms with Gasteiger partial charge in [0.05, 0.1) is 22.7 Å². The summed E-state index contributed by atoms with van der Waals surface area (Å²) in [7, 11) is 0. The summed E-state index contributed by atoms with van der Waals surface area (Å²) in [5.41, 5.74) is 0.939. The van der Waals surface area contributed by atoms with Gasteiger partial charge in [-0.3, -0.25) is 4.79 Å². The first kappa shape index (κ1) is 15.1. The average Bonchev–Trinajstić information content (AvgIpc) is 3.29. The van der Waals surface area contributed by atoms with Crippen LogP contribution < -0.4 is 10.6 Å². The summed E-state index contributed by atoms with van der Waals surface area (Å²) >= 11 is 12.1. The molecule has 1 heterocycles. The molecule has 2 aliphatic rings. The van der Waals surface area contributed by atoms with Gasteiger partial charge in [0.2, 0.25) is 5.91 Å². The Labute approximate surface area is 134 Å². The SMILES string of the molecule is O=C(N[C@@H]1CNCCO[C@H]1c1ccc(Cl)c(Cl)c1)C1CC1. The van der Waals surface area contributed by atoms with E-state index >= 15 is 0 Å². The molecule has 0 unspecified atom stereocenters. The molecule has 0 aromatic heterocycles. The van der Waals surface area contributed by atoms with Crippen molar-refractivity contribution < 1.29 is 9.53 Å². The summed E-state index contributed by atoms with van der Waals surface area (Å²) in [6.07, 6.45) is 1.77. The van der Waals surface area contributed by atoms with Gasteiger partial charge in [0.25, 0.3) is 0 Å². The highest BCUT2D eigenvalue weighted by atomic mass is 35.5. The second-order valence-corrected chi connectivity index (χ2v) is 6.37. The van der Waals surface area contributed by atoms with Crippen LogP contribution in [0, 0.1) is 5.92 Å². The summed E-state index contributed by atoms with van der Waals surface area (Å²) in [6.45, 7) is 2.05. The molecule has 2 atom stereocenters. The lowest BCUT2D eigenvalue weighted by Gasteiger charge is -2.26. The molecule has 1 saturated carbocycles. The van der Waals surface area contributed by atoms with Crippen LogP contribution in [0.4, 0.5) is 0 Å². The van der Waals surface area contributed by atoms with Gasteiger partial charge in [-0.05, 0) is 30.5 Å². The maximum absolute atomic E-state index is 12.0. The van der Waals surface area contributed by atoms with Crippen molar-refractivity contribution in [1.29, 1.82) is 0 Å². The molecule has 0 spiro atoms. The molecule has 1 amide bonds. The minimum atomic E-state index is -0.211. The number of nitrogens with one attached hydrogen (secondary N) is 2. The molecule has 4 nitrogen and oxygen atoms in total. The van der Waals surface area contributed by atoms with Crippen molar-refractivity contribution in [3.05, 3.63) is 33.8 Å². The number of benzene rings is 1. The smallest absolute Gasteiger partial charge is 0.223 e. The van der Waals surface area contributed by atoms with Crippen molar-refractivity contribution in [3.8, 4) is 0 Å². The van der Waals surface area contributed by atoms with Crippen LogP contribution in [0.15, 0.2) is 18.2 Å². The summed E-state index contributed by atoms with van der Waals surface area (Å²) in [5.74, 6) is 0.306. The fourth-order valence-electron chi connectivity index (χ4n) is 2.53. The lowest BCUT2D eigenvalue weighted by atomic mass is 10.0. The molecule has 2 fully saturated rings. The number of carbonyl (C=O) groups is 1. The number of hydrogen-bond donors (Lipinski definition) is 2. The third-order valence-electron chi connectivity index (χ3n) is 3.85. The highest BCUT2D eigenvalue weighted by Crippen LogP contribution is 2.32. The molecule has 1 aliphatic heterocycles. The van der Waals surface area contributed by atoms with Crippen LogP contribution in [0.2, 0.25) is 10.0 Å². The van der Waals surface area contributed by atoms with Crippen LogP contribution in [0.25, 0.3) is 0 Å². The Bertz CT molecular complexity index is 534. The lowest BCUT2D eigenvalue weighted by Crippen LogP contribution is -2.45. The Morgan fingerprint density at radius 3 is 2.81 bits per heavy atom. The zero-order valence-electron chi connectivity index (χ0n) is 11.6. The summed E-state index contributed by atoms with van der Waals surface area (Å²) in [6, 6.07) is 5.38. The van der Waals surface area contributed by atoms with Crippen molar-refractivity contribution in [3.63, 3.8) is 0 Å². The van der Waals surface area contributed by atoms with Gasteiger partial charge >= 0.3 is 0 Å². The van der Waals surface area contributed by atoms with Crippen molar-refractivity contribution in [2.24, 2.45) is 5.92 Å². The van der Waals surface area contributed by atoms with Gasteiger partial charge in [0.15, 0.2) is 0 Å². The highest BCUT2D eigenvalue weighted by Gasteiger charge is 2.34. The van der Waals surface area contributed by atoms with E-state index in [0.29, 0.717) is 23.2 Å². The van der Waals surface area contributed by atoms with E-state index in [1.807, 2.05) is 12.1 Å². The van der Waals surface area contributed by atoms with E-state index in [9.17, 15) is 4.79 Å². The number of rotatable bonds is 3. The molecule has 114 valence electrons. The number of halogens is 2. The molecule has 1 aromatic rings. The molecule has 1 aromatic carbocycles. The van der Waals surface area contributed by atoms with Gasteiger partial charge in [-0.15, -0.1) is 0 Å². The highest BCUT2D eigenvalue weighted by molar-refractivity contribution is 6.42. The van der Waals surface area contributed by atoms with Crippen molar-refractivity contribution >= 4 is 29.1 Å². The Morgan fingerprint density at radius 2 is 2.10 bits per heavy atom. The maximum Gasteiger partial charge on any atom is 0.223 e. The maximum atomic E-state index is 12.0. The fraction of sp³-hybridized carbons (Fsp3) is 0.533. The number of hydrogen-bond acceptors (Lipinski definition) is 3. The molecule has 3 rings (SSSR count). The Hall–Kier alpha value is -0.810. The quantitative estimate of drug-likeness (QED) is 0.896. The van der Waals surface area contributed by atoms with E-state index in [1.165, 1.54) is 0 Å². The van der Waals surface area contributed by atoms with Crippen LogP contribution in [0.5, 0.6) is 0 Å². The van der Waals surface area contributed by atoms with Crippen molar-refractivity contribution in [2.45, 2.75) is 25.0 Å². The first-order chi connectivity index (χ1) is 10.1. The fourth-order valence-corrected chi connectivity index (χ4v) is 2.84. The van der Waals surface area contributed by atoms with Gasteiger partial charge < -0.3 is 15.4 Å². The van der Waals surface area contributed by atoms with E-state index in [-0.39, 0.29) is 24.0 Å². The predicted octanol–water partition coefficient (Wildman–Crippen LogP) is 2.55. The Balaban J connectivity index is 1.79. The summed E-state index contributed by atoms with van der Waals surface area (Å²) in [4.78, 5) is 12.0. The predicted molar refractivity (Wildman–Crippen MR) is 82.7 cm³/mol. The van der Waals surface area contributed by atoms with Gasteiger partial charge in [-0.25, -0.2) is 0 Å². The zero-order valence-corrected chi connectivity index (χ0v) is 13.1. The topological polar surface area (TPSA) is 50.4 Å². The number of amides is 1. The van der Waals surface area contributed by atoms with E-state index in [2.05, 4.69) is 10.6 Å². The molecule has 21 heavy (non-hydrogen) atoms. The minimum absolute atomic E-state index is 0.0992. The monoisotopic (exact) mass is 328 g/mol. The van der Waals surface area contributed by atoms with Gasteiger partial charge in [-0.2, -0.15) is 0 Å². The molecule has 1 saturated heterocycles. The molecule has 0 bridgehead atoms. The Kier molecular flexibility index (Phi) is 4.69. The van der Waals surface area contributed by atoms with Crippen LogP contribution in [0.3, 0.4) is 0 Å². The molecular formula is C15H18Cl2N2O2. The average molecular weight is 329 g/mol. The third kappa shape index (κ3) is 3.69. The standard InChI is InChI=1S/C15H18Cl2N2O2/c16-11-4-3-10(7-12(11)17)14-13(8-18-5-6-21-14)19-15(20)9-1-2-9/h3-4,7,9,13-14,18H,1-2,5-6,8H2,(H,19,20)/t13-,14+/m1/s1. The normalized spacial score (nSPS) is 26.2. The molecule has 0 radical (unpaired) electrons. The molecule has 6 heteroatoms. The van der Waals surface area contributed by atoms with E-state index < -0.39 is 0 Å². The first-order valence-corrected chi connectivity index (χ1v) is 7.98. The largest absolute Gasteiger partial charge is 0.370 e. The zero-order chi connectivity index (χ0) is 14.8. The lowest BCUT2D eigenvalue weighted by molar-refractivity contribution is -0.124. The van der Waals surface area contributed by atoms with E-state index in [4.69, 9.17) is 27.9 Å². The molecule has 1 aliphatic carbocycles. The van der Waals surface area contributed by atoms with Gasteiger partial charge in [0, 0.05) is 19.0 Å². The summed E-state index contributed by atoms with van der Waals surface area (Å²) < 4.78 is 5.92. The third-order valence-corrected chi connectivity index (χ3v) is 4.59. The minimum Gasteiger partial charge on any atom is -0.370 e. The Morgan fingerprint density at radius 1 is 1.29 bits per heavy atom. The van der Waals surface area contributed by atoms with Crippen molar-refractivity contribution in [2.75, 3.05) is 19.7 Å². The first-order valence-electron chi connectivity index (χ1n) is 7.23.